The third-order valence-electron chi connectivity index (χ3n) is 7.40. The van der Waals surface area contributed by atoms with E-state index in [4.69, 9.17) is 9.72 Å². The van der Waals surface area contributed by atoms with Crippen LogP contribution >= 0.6 is 0 Å². The second-order valence-corrected chi connectivity index (χ2v) is 10.3. The lowest BCUT2D eigenvalue weighted by Gasteiger charge is -2.22. The summed E-state index contributed by atoms with van der Waals surface area (Å²) in [5.41, 5.74) is 7.28. The van der Waals surface area contributed by atoms with Gasteiger partial charge in [0.2, 0.25) is 0 Å². The number of aromatic nitrogens is 6. The molecule has 7 rings (SSSR count). The van der Waals surface area contributed by atoms with Crippen molar-refractivity contribution < 1.29 is 9.13 Å². The zero-order valence-corrected chi connectivity index (χ0v) is 21.5. The Morgan fingerprint density at radius 2 is 1.82 bits per heavy atom. The van der Waals surface area contributed by atoms with Gasteiger partial charge in [-0.2, -0.15) is 5.10 Å². The first-order chi connectivity index (χ1) is 19.1. The van der Waals surface area contributed by atoms with Crippen LogP contribution in [-0.2, 0) is 0 Å². The van der Waals surface area contributed by atoms with Gasteiger partial charge >= 0.3 is 0 Å². The van der Waals surface area contributed by atoms with Gasteiger partial charge in [0.05, 0.1) is 40.7 Å². The van der Waals surface area contributed by atoms with Gasteiger partial charge in [0, 0.05) is 22.7 Å². The van der Waals surface area contributed by atoms with Gasteiger partial charge in [-0.15, -0.1) is 0 Å². The van der Waals surface area contributed by atoms with E-state index in [2.05, 4.69) is 25.1 Å². The number of imidazole rings is 1. The van der Waals surface area contributed by atoms with Crippen LogP contribution < -0.4 is 4.74 Å². The largest absolute Gasteiger partial charge is 0.489 e. The Morgan fingerprint density at radius 3 is 2.69 bits per heavy atom. The van der Waals surface area contributed by atoms with Gasteiger partial charge in [-0.05, 0) is 74.1 Å². The first-order valence-corrected chi connectivity index (χ1v) is 13.3. The van der Waals surface area contributed by atoms with Crippen LogP contribution in [0.25, 0.3) is 55.8 Å². The molecule has 1 aliphatic carbocycles. The van der Waals surface area contributed by atoms with Gasteiger partial charge in [0.1, 0.15) is 17.3 Å². The van der Waals surface area contributed by atoms with Crippen LogP contribution in [0, 0.1) is 12.7 Å². The average Bonchev–Trinajstić information content (AvgIpc) is 3.57. The standard InChI is InChI=1S/C31H27FN6O/c1-18-10-19(12-21(32)11-18)24-8-5-9-26-29(24)36-31(35-26)30-25-14-27(34-17-28(25)37-38-30)20-13-23(16-33-15-20)39-22-6-3-2-4-7-22/h5,8-17,22H,2-4,6-7H2,1H3,(H,35,36)(H,37,38). The molecule has 1 fully saturated rings. The van der Waals surface area contributed by atoms with Crippen molar-refractivity contribution in [2.45, 2.75) is 45.1 Å². The fraction of sp³-hybridized carbons (Fsp3) is 0.226. The number of aromatic amines is 2. The molecule has 6 aromatic rings. The Hall–Kier alpha value is -4.59. The Kier molecular flexibility index (Phi) is 5.80. The number of hydrogen-bond acceptors (Lipinski definition) is 5. The number of pyridine rings is 2. The summed E-state index contributed by atoms with van der Waals surface area (Å²) in [7, 11) is 0. The van der Waals surface area contributed by atoms with Crippen molar-refractivity contribution in [3.05, 3.63) is 78.5 Å². The van der Waals surface area contributed by atoms with Gasteiger partial charge < -0.3 is 9.72 Å². The first-order valence-electron chi connectivity index (χ1n) is 13.3. The smallest absolute Gasteiger partial charge is 0.159 e. The number of nitrogens with zero attached hydrogens (tertiary/aromatic N) is 4. The van der Waals surface area contributed by atoms with Crippen LogP contribution in [0.1, 0.15) is 37.7 Å². The molecule has 0 atom stereocenters. The van der Waals surface area contributed by atoms with Crippen molar-refractivity contribution in [1.29, 1.82) is 0 Å². The van der Waals surface area contributed by atoms with E-state index in [0.29, 0.717) is 11.5 Å². The Bertz CT molecular complexity index is 1800. The number of rotatable bonds is 5. The van der Waals surface area contributed by atoms with Crippen molar-refractivity contribution in [1.82, 2.24) is 30.1 Å². The Labute approximate surface area is 224 Å². The number of fused-ring (bicyclic) bond motifs is 2. The highest BCUT2D eigenvalue weighted by Gasteiger charge is 2.18. The second kappa shape index (κ2) is 9.62. The minimum absolute atomic E-state index is 0.251. The van der Waals surface area contributed by atoms with Gasteiger partial charge in [-0.1, -0.05) is 24.6 Å². The molecule has 4 heterocycles. The first kappa shape index (κ1) is 23.5. The monoisotopic (exact) mass is 518 g/mol. The Balaban J connectivity index is 1.26. The second-order valence-electron chi connectivity index (χ2n) is 10.3. The highest BCUT2D eigenvalue weighted by molar-refractivity contribution is 5.97. The number of ether oxygens (including phenoxy) is 1. The minimum Gasteiger partial charge on any atom is -0.489 e. The molecule has 194 valence electrons. The molecule has 7 nitrogen and oxygen atoms in total. The predicted molar refractivity (Wildman–Crippen MR) is 150 cm³/mol. The maximum absolute atomic E-state index is 14.2. The number of benzene rings is 2. The number of halogens is 1. The molecule has 8 heteroatoms. The quantitative estimate of drug-likeness (QED) is 0.248. The summed E-state index contributed by atoms with van der Waals surface area (Å²) >= 11 is 0. The van der Waals surface area contributed by atoms with Crippen LogP contribution in [0.2, 0.25) is 0 Å². The molecule has 1 saturated carbocycles. The molecule has 4 aromatic heterocycles. The summed E-state index contributed by atoms with van der Waals surface area (Å²) in [6.45, 7) is 1.89. The average molecular weight is 519 g/mol. The summed E-state index contributed by atoms with van der Waals surface area (Å²) in [5.74, 6) is 1.13. The molecule has 39 heavy (non-hydrogen) atoms. The van der Waals surface area contributed by atoms with E-state index in [1.807, 2.05) is 43.3 Å². The maximum atomic E-state index is 14.2. The number of H-pyrrole nitrogens is 2. The summed E-state index contributed by atoms with van der Waals surface area (Å²) in [4.78, 5) is 17.4. The van der Waals surface area contributed by atoms with Crippen LogP contribution in [0.15, 0.2) is 67.1 Å². The lowest BCUT2D eigenvalue weighted by molar-refractivity contribution is 0.154. The SMILES string of the molecule is Cc1cc(F)cc(-c2cccc3[nH]c(-c4n[nH]c5cnc(-c6cncc(OC7CCCCC7)c6)cc45)nc23)c1. The summed E-state index contributed by atoms with van der Waals surface area (Å²) in [5, 5.41) is 8.53. The topological polar surface area (TPSA) is 92.4 Å². The maximum Gasteiger partial charge on any atom is 0.159 e. The molecule has 2 aromatic carbocycles. The molecule has 0 saturated heterocycles. The van der Waals surface area contributed by atoms with Crippen LogP contribution in [0.3, 0.4) is 0 Å². The lowest BCUT2D eigenvalue weighted by Crippen LogP contribution is -2.19. The lowest BCUT2D eigenvalue weighted by atomic mass is 9.98. The van der Waals surface area contributed by atoms with Crippen LogP contribution in [-0.4, -0.2) is 36.2 Å². The van der Waals surface area contributed by atoms with E-state index in [-0.39, 0.29) is 11.9 Å². The van der Waals surface area contributed by atoms with Crippen LogP contribution in [0.4, 0.5) is 4.39 Å². The number of para-hydroxylation sites is 1. The van der Waals surface area contributed by atoms with Gasteiger partial charge in [-0.3, -0.25) is 15.1 Å². The fourth-order valence-corrected chi connectivity index (χ4v) is 5.52. The minimum atomic E-state index is -0.265. The van der Waals surface area contributed by atoms with Crippen LogP contribution in [0.5, 0.6) is 5.75 Å². The molecule has 0 aliphatic heterocycles. The molecular formula is C31H27FN6O. The van der Waals surface area contributed by atoms with E-state index in [1.165, 1.54) is 31.4 Å². The predicted octanol–water partition coefficient (Wildman–Crippen LogP) is 7.39. The van der Waals surface area contributed by atoms with Crippen molar-refractivity contribution in [2.75, 3.05) is 0 Å². The zero-order valence-electron chi connectivity index (χ0n) is 21.5. The summed E-state index contributed by atoms with van der Waals surface area (Å²) < 4.78 is 20.4. The van der Waals surface area contributed by atoms with Gasteiger partial charge in [-0.25, -0.2) is 9.37 Å². The molecule has 0 spiro atoms. The van der Waals surface area contributed by atoms with E-state index in [1.54, 1.807) is 18.6 Å². The van der Waals surface area contributed by atoms with Crippen molar-refractivity contribution in [2.24, 2.45) is 0 Å². The van der Waals surface area contributed by atoms with E-state index in [9.17, 15) is 4.39 Å². The van der Waals surface area contributed by atoms with E-state index < -0.39 is 0 Å². The summed E-state index contributed by atoms with van der Waals surface area (Å²) in [6, 6.07) is 14.9. The molecule has 1 aliphatic rings. The van der Waals surface area contributed by atoms with E-state index >= 15 is 0 Å². The number of aryl methyl sites for hydroxylation is 1. The number of nitrogens with one attached hydrogen (secondary N) is 2. The third-order valence-corrected chi connectivity index (χ3v) is 7.40. The highest BCUT2D eigenvalue weighted by atomic mass is 19.1. The molecule has 2 N–H and O–H groups in total. The molecule has 0 unspecified atom stereocenters. The van der Waals surface area contributed by atoms with Crippen molar-refractivity contribution >= 4 is 21.9 Å². The highest BCUT2D eigenvalue weighted by Crippen LogP contribution is 2.33. The summed E-state index contributed by atoms with van der Waals surface area (Å²) in [6.07, 6.45) is 11.5. The molecule has 0 amide bonds. The molecular weight excluding hydrogens is 491 g/mol. The molecule has 0 radical (unpaired) electrons. The number of hydrogen-bond donors (Lipinski definition) is 2. The van der Waals surface area contributed by atoms with Gasteiger partial charge in [0.15, 0.2) is 5.82 Å². The normalized spacial score (nSPS) is 14.3. The van der Waals surface area contributed by atoms with Gasteiger partial charge in [0.25, 0.3) is 0 Å². The molecule has 0 bridgehead atoms. The Morgan fingerprint density at radius 1 is 0.923 bits per heavy atom. The zero-order chi connectivity index (χ0) is 26.3. The van der Waals surface area contributed by atoms with E-state index in [0.717, 1.165) is 68.5 Å². The fourth-order valence-electron chi connectivity index (χ4n) is 5.52. The van der Waals surface area contributed by atoms with Crippen molar-refractivity contribution in [3.8, 4) is 39.7 Å². The third kappa shape index (κ3) is 4.52. The van der Waals surface area contributed by atoms with Crippen molar-refractivity contribution in [3.63, 3.8) is 0 Å².